The Kier molecular flexibility index (Phi) is 4.29. The van der Waals surface area contributed by atoms with Crippen molar-refractivity contribution in [2.24, 2.45) is 0 Å². The van der Waals surface area contributed by atoms with Crippen LogP contribution in [0.4, 0.5) is 8.78 Å². The van der Waals surface area contributed by atoms with Gasteiger partial charge in [0.05, 0.1) is 11.7 Å². The van der Waals surface area contributed by atoms with E-state index in [0.29, 0.717) is 34.8 Å². The Morgan fingerprint density at radius 1 is 0.667 bits per heavy atom. The summed E-state index contributed by atoms with van der Waals surface area (Å²) in [7, 11) is 0. The lowest BCUT2D eigenvalue weighted by molar-refractivity contribution is 0.111. The Labute approximate surface area is 156 Å². The second-order valence-corrected chi connectivity index (χ2v) is 6.35. The minimum atomic E-state index is -1.04. The van der Waals surface area contributed by atoms with Crippen molar-refractivity contribution in [3.63, 3.8) is 0 Å². The minimum absolute atomic E-state index is 0.00182. The molecular formula is C20H10F2N2O2S. The van der Waals surface area contributed by atoms with Gasteiger partial charge in [-0.15, -0.1) is 0 Å². The Morgan fingerprint density at radius 2 is 1.04 bits per heavy atom. The average Bonchev–Trinajstić information content (AvgIpc) is 3.18. The van der Waals surface area contributed by atoms with Gasteiger partial charge in [0.25, 0.3) is 0 Å². The van der Waals surface area contributed by atoms with E-state index in [2.05, 4.69) is 8.75 Å². The number of rotatable bonds is 4. The standard InChI is InChI=1S/C20H10F2N2O2S/c21-17-15(13-5-1-11(9-25)2-6-13)19-20(24-27-23-19)16(18(17)22)14-7-3-12(10-26)4-8-14/h1-10H. The molecular weight excluding hydrogens is 370 g/mol. The van der Waals surface area contributed by atoms with Gasteiger partial charge in [0.15, 0.2) is 11.6 Å². The van der Waals surface area contributed by atoms with Crippen molar-refractivity contribution < 1.29 is 18.4 Å². The van der Waals surface area contributed by atoms with E-state index in [1.54, 1.807) is 24.3 Å². The van der Waals surface area contributed by atoms with Crippen LogP contribution in [0.3, 0.4) is 0 Å². The SMILES string of the molecule is O=Cc1ccc(-c2c(F)c(F)c(-c3ccc(C=O)cc3)c3nsnc23)cc1. The van der Waals surface area contributed by atoms with Gasteiger partial charge in [-0.2, -0.15) is 8.75 Å². The van der Waals surface area contributed by atoms with Gasteiger partial charge in [-0.25, -0.2) is 8.78 Å². The molecule has 0 spiro atoms. The molecule has 0 N–H and O–H groups in total. The largest absolute Gasteiger partial charge is 0.298 e. The quantitative estimate of drug-likeness (QED) is 0.471. The summed E-state index contributed by atoms with van der Waals surface area (Å²) in [6.45, 7) is 0. The molecule has 0 saturated carbocycles. The van der Waals surface area contributed by atoms with Crippen LogP contribution in [0, 0.1) is 11.6 Å². The Morgan fingerprint density at radius 3 is 1.37 bits per heavy atom. The zero-order valence-electron chi connectivity index (χ0n) is 13.6. The molecule has 4 nitrogen and oxygen atoms in total. The summed E-state index contributed by atoms with van der Waals surface area (Å²) in [6, 6.07) is 12.3. The highest BCUT2D eigenvalue weighted by Crippen LogP contribution is 2.39. The summed E-state index contributed by atoms with van der Waals surface area (Å²) in [5.74, 6) is -2.08. The van der Waals surface area contributed by atoms with Crippen molar-refractivity contribution in [3.05, 3.63) is 71.3 Å². The van der Waals surface area contributed by atoms with Gasteiger partial charge in [0.1, 0.15) is 23.6 Å². The minimum Gasteiger partial charge on any atom is -0.298 e. The van der Waals surface area contributed by atoms with Gasteiger partial charge >= 0.3 is 0 Å². The molecule has 1 aromatic heterocycles. The van der Waals surface area contributed by atoms with Crippen molar-refractivity contribution in [2.75, 3.05) is 0 Å². The number of aromatic nitrogens is 2. The summed E-state index contributed by atoms with van der Waals surface area (Å²) in [6.07, 6.45) is 1.35. The number of hydrogen-bond donors (Lipinski definition) is 0. The van der Waals surface area contributed by atoms with Crippen LogP contribution in [0.5, 0.6) is 0 Å². The number of halogens is 2. The van der Waals surface area contributed by atoms with E-state index >= 15 is 8.78 Å². The smallest absolute Gasteiger partial charge is 0.169 e. The van der Waals surface area contributed by atoms with E-state index in [0.717, 1.165) is 11.7 Å². The maximum absolute atomic E-state index is 15.0. The number of aldehydes is 2. The molecule has 132 valence electrons. The Hall–Kier alpha value is -3.32. The third-order valence-electron chi connectivity index (χ3n) is 4.26. The summed E-state index contributed by atoms with van der Waals surface area (Å²) in [4.78, 5) is 21.6. The number of hydrogen-bond acceptors (Lipinski definition) is 5. The van der Waals surface area contributed by atoms with Gasteiger partial charge in [-0.1, -0.05) is 48.5 Å². The molecule has 1 heterocycles. The van der Waals surface area contributed by atoms with Gasteiger partial charge < -0.3 is 0 Å². The monoisotopic (exact) mass is 380 g/mol. The van der Waals surface area contributed by atoms with Crippen LogP contribution in [0.2, 0.25) is 0 Å². The molecule has 4 rings (SSSR count). The number of benzene rings is 3. The second-order valence-electron chi connectivity index (χ2n) is 5.82. The third-order valence-corrected chi connectivity index (χ3v) is 4.79. The summed E-state index contributed by atoms with van der Waals surface area (Å²) in [5.41, 5.74) is 2.15. The molecule has 3 aromatic carbocycles. The van der Waals surface area contributed by atoms with Crippen molar-refractivity contribution in [1.29, 1.82) is 0 Å². The van der Waals surface area contributed by atoms with Gasteiger partial charge in [-0.05, 0) is 11.1 Å². The van der Waals surface area contributed by atoms with Crippen molar-refractivity contribution in [3.8, 4) is 22.3 Å². The van der Waals surface area contributed by atoms with Crippen LogP contribution in [0.15, 0.2) is 48.5 Å². The fourth-order valence-corrected chi connectivity index (χ4v) is 3.49. The first-order chi connectivity index (χ1) is 13.1. The Bertz CT molecular complexity index is 1080. The van der Waals surface area contributed by atoms with Gasteiger partial charge in [-0.3, -0.25) is 9.59 Å². The average molecular weight is 380 g/mol. The zero-order chi connectivity index (χ0) is 19.0. The first kappa shape index (κ1) is 17.1. The first-order valence-electron chi connectivity index (χ1n) is 7.88. The molecule has 0 aliphatic carbocycles. The highest BCUT2D eigenvalue weighted by atomic mass is 32.1. The fourth-order valence-electron chi connectivity index (χ4n) is 2.93. The topological polar surface area (TPSA) is 59.9 Å². The lowest BCUT2D eigenvalue weighted by atomic mass is 9.95. The molecule has 0 unspecified atom stereocenters. The lowest BCUT2D eigenvalue weighted by Gasteiger charge is -2.11. The zero-order valence-corrected chi connectivity index (χ0v) is 14.5. The van der Waals surface area contributed by atoms with E-state index in [1.165, 1.54) is 24.3 Å². The van der Waals surface area contributed by atoms with Gasteiger partial charge in [0.2, 0.25) is 0 Å². The number of carbonyl (C=O) groups is 2. The number of nitrogens with zero attached hydrogens (tertiary/aromatic N) is 2. The van der Waals surface area contributed by atoms with E-state index < -0.39 is 11.6 Å². The summed E-state index contributed by atoms with van der Waals surface area (Å²) in [5, 5.41) is 0. The predicted octanol–water partition coefficient (Wildman–Crippen LogP) is 4.93. The van der Waals surface area contributed by atoms with Crippen LogP contribution in [-0.4, -0.2) is 21.3 Å². The lowest BCUT2D eigenvalue weighted by Crippen LogP contribution is -1.97. The molecule has 0 fully saturated rings. The van der Waals surface area contributed by atoms with Crippen molar-refractivity contribution >= 4 is 35.3 Å². The highest BCUT2D eigenvalue weighted by molar-refractivity contribution is 7.00. The molecule has 4 aromatic rings. The molecule has 0 saturated heterocycles. The number of carbonyl (C=O) groups excluding carboxylic acids is 2. The molecule has 0 bridgehead atoms. The van der Waals surface area contributed by atoms with E-state index in [9.17, 15) is 9.59 Å². The summed E-state index contributed by atoms with van der Waals surface area (Å²) >= 11 is 0.858. The van der Waals surface area contributed by atoms with Crippen LogP contribution < -0.4 is 0 Å². The van der Waals surface area contributed by atoms with E-state index in [4.69, 9.17) is 0 Å². The fraction of sp³-hybridized carbons (Fsp3) is 0. The predicted molar refractivity (Wildman–Crippen MR) is 99.0 cm³/mol. The third kappa shape index (κ3) is 2.82. The highest BCUT2D eigenvalue weighted by Gasteiger charge is 2.24. The van der Waals surface area contributed by atoms with Crippen LogP contribution in [-0.2, 0) is 0 Å². The van der Waals surface area contributed by atoms with Crippen LogP contribution in [0.1, 0.15) is 20.7 Å². The molecule has 0 radical (unpaired) electrons. The molecule has 0 atom stereocenters. The van der Waals surface area contributed by atoms with Crippen LogP contribution >= 0.6 is 11.7 Å². The summed E-state index contributed by atoms with van der Waals surface area (Å²) < 4.78 is 38.3. The maximum atomic E-state index is 15.0. The Balaban J connectivity index is 1.98. The molecule has 0 aliphatic rings. The van der Waals surface area contributed by atoms with E-state index in [-0.39, 0.29) is 22.2 Å². The molecule has 7 heteroatoms. The maximum Gasteiger partial charge on any atom is 0.169 e. The van der Waals surface area contributed by atoms with Crippen molar-refractivity contribution in [1.82, 2.24) is 8.75 Å². The molecule has 0 aliphatic heterocycles. The van der Waals surface area contributed by atoms with E-state index in [1.807, 2.05) is 0 Å². The van der Waals surface area contributed by atoms with Crippen LogP contribution in [0.25, 0.3) is 33.3 Å². The number of fused-ring (bicyclic) bond motifs is 1. The van der Waals surface area contributed by atoms with Gasteiger partial charge in [0, 0.05) is 22.3 Å². The molecule has 0 amide bonds. The second kappa shape index (κ2) is 6.77. The molecule has 27 heavy (non-hydrogen) atoms. The normalized spacial score (nSPS) is 10.9. The first-order valence-corrected chi connectivity index (χ1v) is 8.61. The van der Waals surface area contributed by atoms with Crippen molar-refractivity contribution in [2.45, 2.75) is 0 Å².